The Balaban J connectivity index is 2.24. The van der Waals surface area contributed by atoms with E-state index in [2.05, 4.69) is 10.6 Å². The van der Waals surface area contributed by atoms with Crippen LogP contribution in [0, 0.1) is 5.92 Å². The van der Waals surface area contributed by atoms with Crippen LogP contribution < -0.4 is 15.4 Å². The van der Waals surface area contributed by atoms with E-state index in [1.165, 1.54) is 29.6 Å². The number of carbonyl (C=O) groups excluding carboxylic acids is 2. The molecule has 0 bridgehead atoms. The van der Waals surface area contributed by atoms with Crippen LogP contribution in [0.2, 0.25) is 5.02 Å². The van der Waals surface area contributed by atoms with Gasteiger partial charge < -0.3 is 15.4 Å². The van der Waals surface area contributed by atoms with Crippen molar-refractivity contribution in [1.82, 2.24) is 9.62 Å². The highest BCUT2D eigenvalue weighted by molar-refractivity contribution is 7.89. The molecule has 1 unspecified atom stereocenters. The maximum Gasteiger partial charge on any atom is 0.251 e. The van der Waals surface area contributed by atoms with Crippen LogP contribution in [0.4, 0.5) is 5.69 Å². The molecule has 10 heteroatoms. The summed E-state index contributed by atoms with van der Waals surface area (Å²) >= 11 is 6.16. The summed E-state index contributed by atoms with van der Waals surface area (Å²) in [5.41, 5.74) is 0.646. The second-order valence-electron chi connectivity index (χ2n) is 7.65. The molecule has 0 saturated heterocycles. The highest BCUT2D eigenvalue weighted by atomic mass is 35.5. The first-order valence-electron chi connectivity index (χ1n) is 10.6. The largest absolute Gasteiger partial charge is 0.497 e. The molecule has 0 heterocycles. The summed E-state index contributed by atoms with van der Waals surface area (Å²) in [6.45, 7) is 7.66. The molecule has 8 nitrogen and oxygen atoms in total. The van der Waals surface area contributed by atoms with Crippen LogP contribution in [-0.2, 0) is 14.8 Å². The van der Waals surface area contributed by atoms with Gasteiger partial charge in [-0.1, -0.05) is 39.3 Å². The van der Waals surface area contributed by atoms with Crippen LogP contribution in [0.1, 0.15) is 38.1 Å². The lowest BCUT2D eigenvalue weighted by Gasteiger charge is -2.23. The molecule has 180 valence electrons. The van der Waals surface area contributed by atoms with Gasteiger partial charge in [-0.15, -0.1) is 0 Å². The average Bonchev–Trinajstić information content (AvgIpc) is 2.78. The van der Waals surface area contributed by atoms with E-state index in [0.717, 1.165) is 0 Å². The zero-order valence-electron chi connectivity index (χ0n) is 19.4. The molecule has 1 atom stereocenters. The summed E-state index contributed by atoms with van der Waals surface area (Å²) in [6.07, 6.45) is 0. The van der Waals surface area contributed by atoms with Gasteiger partial charge in [-0.3, -0.25) is 9.59 Å². The Kier molecular flexibility index (Phi) is 9.27. The molecule has 0 aliphatic heterocycles. The van der Waals surface area contributed by atoms with E-state index in [-0.39, 0.29) is 21.5 Å². The van der Waals surface area contributed by atoms with Crippen molar-refractivity contribution in [2.45, 2.75) is 38.6 Å². The number of sulfonamides is 1. The van der Waals surface area contributed by atoms with E-state index in [1.807, 2.05) is 0 Å². The van der Waals surface area contributed by atoms with E-state index in [1.54, 1.807) is 52.0 Å². The molecule has 2 aromatic rings. The van der Waals surface area contributed by atoms with Crippen molar-refractivity contribution in [3.8, 4) is 5.75 Å². The minimum absolute atomic E-state index is 0.0631. The van der Waals surface area contributed by atoms with Crippen molar-refractivity contribution in [3.63, 3.8) is 0 Å². The number of methoxy groups -OCH3 is 1. The van der Waals surface area contributed by atoms with Crippen molar-refractivity contribution in [1.29, 1.82) is 0 Å². The van der Waals surface area contributed by atoms with Crippen LogP contribution in [0.25, 0.3) is 0 Å². The van der Waals surface area contributed by atoms with Gasteiger partial charge in [-0.25, -0.2) is 8.42 Å². The van der Waals surface area contributed by atoms with Gasteiger partial charge in [0.1, 0.15) is 16.7 Å². The van der Waals surface area contributed by atoms with Gasteiger partial charge in [0.05, 0.1) is 12.1 Å². The minimum atomic E-state index is -3.82. The van der Waals surface area contributed by atoms with Crippen LogP contribution in [0.15, 0.2) is 47.4 Å². The molecule has 2 aromatic carbocycles. The minimum Gasteiger partial charge on any atom is -0.497 e. The number of nitrogens with zero attached hydrogens (tertiary/aromatic N) is 1. The number of carbonyl (C=O) groups is 2. The van der Waals surface area contributed by atoms with Gasteiger partial charge in [-0.2, -0.15) is 4.31 Å². The van der Waals surface area contributed by atoms with Gasteiger partial charge in [-0.05, 0) is 48.4 Å². The number of halogens is 1. The molecule has 2 rings (SSSR count). The predicted octanol–water partition coefficient (Wildman–Crippen LogP) is 3.77. The number of rotatable bonds is 10. The van der Waals surface area contributed by atoms with E-state index >= 15 is 0 Å². The molecule has 2 N–H and O–H groups in total. The van der Waals surface area contributed by atoms with Crippen molar-refractivity contribution in [2.24, 2.45) is 5.92 Å². The quantitative estimate of drug-likeness (QED) is 0.522. The first-order chi connectivity index (χ1) is 15.5. The molecule has 0 aliphatic carbocycles. The second-order valence-corrected chi connectivity index (χ2v) is 9.96. The molecule has 0 saturated carbocycles. The molecule has 0 radical (unpaired) electrons. The van der Waals surface area contributed by atoms with Crippen molar-refractivity contribution >= 4 is 39.1 Å². The molecule has 0 fully saturated rings. The number of hydrogen-bond acceptors (Lipinski definition) is 5. The number of nitrogens with one attached hydrogen (secondary N) is 2. The van der Waals surface area contributed by atoms with E-state index < -0.39 is 27.9 Å². The predicted molar refractivity (Wildman–Crippen MR) is 129 cm³/mol. The van der Waals surface area contributed by atoms with E-state index in [4.69, 9.17) is 16.3 Å². The summed E-state index contributed by atoms with van der Waals surface area (Å²) in [5.74, 6) is -0.492. The number of amides is 2. The summed E-state index contributed by atoms with van der Waals surface area (Å²) in [5, 5.41) is 5.50. The Bertz CT molecular complexity index is 1080. The normalized spacial score (nSPS) is 12.5. The lowest BCUT2D eigenvalue weighted by Crippen LogP contribution is -2.47. The Hall–Kier alpha value is -2.62. The monoisotopic (exact) mass is 495 g/mol. The molecule has 0 spiro atoms. The van der Waals surface area contributed by atoms with E-state index in [9.17, 15) is 18.0 Å². The van der Waals surface area contributed by atoms with Crippen molar-refractivity contribution < 1.29 is 22.7 Å². The standard InChI is InChI=1S/C23H30ClN3O5S/c1-6-27(7-2)33(30,31)20-14-17(10-13-19(20)24)25-23(29)21(15(3)4)26-22(28)16-8-11-18(32-5)12-9-16/h8-15,21H,6-7H2,1-5H3,(H,25,29)(H,26,28). The third-order valence-electron chi connectivity index (χ3n) is 5.11. The van der Waals surface area contributed by atoms with E-state index in [0.29, 0.717) is 24.4 Å². The number of hydrogen-bond donors (Lipinski definition) is 2. The molecular formula is C23H30ClN3O5S. The van der Waals surface area contributed by atoms with Gasteiger partial charge in [0.15, 0.2) is 0 Å². The summed E-state index contributed by atoms with van der Waals surface area (Å²) in [6, 6.07) is 9.95. The third-order valence-corrected chi connectivity index (χ3v) is 7.64. The Morgan fingerprint density at radius 1 is 1.06 bits per heavy atom. The zero-order valence-corrected chi connectivity index (χ0v) is 21.0. The first kappa shape index (κ1) is 26.6. The number of anilines is 1. The van der Waals surface area contributed by atoms with Gasteiger partial charge >= 0.3 is 0 Å². The van der Waals surface area contributed by atoms with Crippen LogP contribution in [-0.4, -0.2) is 50.8 Å². The SMILES string of the molecule is CCN(CC)S(=O)(=O)c1cc(NC(=O)C(NC(=O)c2ccc(OC)cc2)C(C)C)ccc1Cl. The van der Waals surface area contributed by atoms with Gasteiger partial charge in [0.2, 0.25) is 15.9 Å². The number of ether oxygens (including phenoxy) is 1. The third kappa shape index (κ3) is 6.46. The Morgan fingerprint density at radius 3 is 2.18 bits per heavy atom. The maximum absolute atomic E-state index is 13.0. The molecule has 33 heavy (non-hydrogen) atoms. The van der Waals surface area contributed by atoms with Crippen molar-refractivity contribution in [3.05, 3.63) is 53.1 Å². The summed E-state index contributed by atoms with van der Waals surface area (Å²) in [7, 11) is -2.29. The molecule has 2 amide bonds. The first-order valence-corrected chi connectivity index (χ1v) is 12.4. The smallest absolute Gasteiger partial charge is 0.251 e. The molecular weight excluding hydrogens is 466 g/mol. The number of benzene rings is 2. The summed E-state index contributed by atoms with van der Waals surface area (Å²) < 4.78 is 32.2. The van der Waals surface area contributed by atoms with Crippen molar-refractivity contribution in [2.75, 3.05) is 25.5 Å². The highest BCUT2D eigenvalue weighted by Gasteiger charge is 2.27. The van der Waals surface area contributed by atoms with Gasteiger partial charge in [0, 0.05) is 24.3 Å². The molecule has 0 aliphatic rings. The average molecular weight is 496 g/mol. The second kappa shape index (κ2) is 11.5. The van der Waals surface area contributed by atoms with Crippen LogP contribution >= 0.6 is 11.6 Å². The topological polar surface area (TPSA) is 105 Å². The Labute approximate surface area is 200 Å². The zero-order chi connectivity index (χ0) is 24.8. The van der Waals surface area contributed by atoms with Crippen LogP contribution in [0.5, 0.6) is 5.75 Å². The van der Waals surface area contributed by atoms with Gasteiger partial charge in [0.25, 0.3) is 5.91 Å². The maximum atomic E-state index is 13.0. The molecule has 0 aromatic heterocycles. The fraction of sp³-hybridized carbons (Fsp3) is 0.391. The highest BCUT2D eigenvalue weighted by Crippen LogP contribution is 2.28. The fourth-order valence-corrected chi connectivity index (χ4v) is 5.16. The fourth-order valence-electron chi connectivity index (χ4n) is 3.20. The van der Waals surface area contributed by atoms with Crippen LogP contribution in [0.3, 0.4) is 0 Å². The lowest BCUT2D eigenvalue weighted by atomic mass is 10.0. The summed E-state index contributed by atoms with van der Waals surface area (Å²) in [4.78, 5) is 25.5. The Morgan fingerprint density at radius 2 is 1.67 bits per heavy atom. The lowest BCUT2D eigenvalue weighted by molar-refractivity contribution is -0.118.